The number of nitrogens with zero attached hydrogens (tertiary/aromatic N) is 1. The Morgan fingerprint density at radius 1 is 1.00 bits per heavy atom. The van der Waals surface area contributed by atoms with Crippen molar-refractivity contribution in [3.63, 3.8) is 0 Å². The van der Waals surface area contributed by atoms with Crippen LogP contribution in [0.15, 0.2) is 59.5 Å². The minimum Gasteiger partial charge on any atom is -0.483 e. The maximum atomic E-state index is 12.4. The van der Waals surface area contributed by atoms with Gasteiger partial charge in [-0.25, -0.2) is 0 Å². The van der Waals surface area contributed by atoms with Gasteiger partial charge in [0, 0.05) is 36.4 Å². The van der Waals surface area contributed by atoms with Gasteiger partial charge in [0.25, 0.3) is 11.5 Å². The number of pyridine rings is 1. The lowest BCUT2D eigenvalue weighted by Gasteiger charge is -2.11. The molecule has 0 aliphatic rings. The molecule has 0 unspecified atom stereocenters. The van der Waals surface area contributed by atoms with E-state index in [1.54, 1.807) is 53.2 Å². The Bertz CT molecular complexity index is 1090. The number of fused-ring (bicyclic) bond motifs is 1. The molecule has 3 aromatic rings. The highest BCUT2D eigenvalue weighted by Crippen LogP contribution is 2.23. The molecular weight excluding hydrogens is 358 g/mol. The molecule has 7 heteroatoms. The molecule has 2 aromatic carbocycles. The normalized spacial score (nSPS) is 10.5. The van der Waals surface area contributed by atoms with Crippen LogP contribution in [0.5, 0.6) is 5.75 Å². The second-order valence-electron chi connectivity index (χ2n) is 6.22. The fourth-order valence-electron chi connectivity index (χ4n) is 2.88. The van der Waals surface area contributed by atoms with Crippen molar-refractivity contribution in [2.45, 2.75) is 20.4 Å². The minimum absolute atomic E-state index is 0.0929. The third-order valence-electron chi connectivity index (χ3n) is 4.14. The largest absolute Gasteiger partial charge is 0.483 e. The van der Waals surface area contributed by atoms with Crippen molar-refractivity contribution in [1.82, 2.24) is 4.57 Å². The summed E-state index contributed by atoms with van der Waals surface area (Å²) in [7, 11) is 0. The summed E-state index contributed by atoms with van der Waals surface area (Å²) in [5, 5.41) is 6.59. The number of aromatic nitrogens is 1. The maximum absolute atomic E-state index is 12.4. The molecule has 3 rings (SSSR count). The zero-order valence-electron chi connectivity index (χ0n) is 15.7. The molecule has 0 fully saturated rings. The van der Waals surface area contributed by atoms with Gasteiger partial charge in [0.1, 0.15) is 5.75 Å². The Labute approximate surface area is 161 Å². The van der Waals surface area contributed by atoms with Gasteiger partial charge in [0.2, 0.25) is 5.91 Å². The van der Waals surface area contributed by atoms with Gasteiger partial charge in [0.15, 0.2) is 6.61 Å². The maximum Gasteiger partial charge on any atom is 0.262 e. The van der Waals surface area contributed by atoms with Gasteiger partial charge in [-0.2, -0.15) is 0 Å². The quantitative estimate of drug-likeness (QED) is 0.689. The number of carbonyl (C=O) groups excluding carboxylic acids is 2. The molecular formula is C21H21N3O4. The van der Waals surface area contributed by atoms with Gasteiger partial charge in [0.05, 0.1) is 5.39 Å². The first kappa shape index (κ1) is 19.2. The van der Waals surface area contributed by atoms with E-state index < -0.39 is 0 Å². The predicted molar refractivity (Wildman–Crippen MR) is 109 cm³/mol. The summed E-state index contributed by atoms with van der Waals surface area (Å²) in [4.78, 5) is 35.8. The van der Waals surface area contributed by atoms with E-state index in [0.717, 1.165) is 0 Å². The third-order valence-corrected chi connectivity index (χ3v) is 4.14. The molecule has 0 aliphatic heterocycles. The fourth-order valence-corrected chi connectivity index (χ4v) is 2.88. The second kappa shape index (κ2) is 8.39. The third kappa shape index (κ3) is 4.37. The number of rotatable bonds is 6. The SMILES string of the molecule is CCn1ccc2c(OCC(=O)Nc3cccc(NC(C)=O)c3)cccc2c1=O. The van der Waals surface area contributed by atoms with Gasteiger partial charge < -0.3 is 19.9 Å². The second-order valence-corrected chi connectivity index (χ2v) is 6.22. The van der Waals surface area contributed by atoms with Gasteiger partial charge in [-0.1, -0.05) is 12.1 Å². The van der Waals surface area contributed by atoms with Crippen molar-refractivity contribution >= 4 is 34.0 Å². The van der Waals surface area contributed by atoms with Crippen LogP contribution in [-0.4, -0.2) is 23.0 Å². The van der Waals surface area contributed by atoms with Crippen LogP contribution in [-0.2, 0) is 16.1 Å². The van der Waals surface area contributed by atoms with Crippen LogP contribution in [0.3, 0.4) is 0 Å². The average molecular weight is 379 g/mol. The molecule has 1 heterocycles. The summed E-state index contributed by atoms with van der Waals surface area (Å²) >= 11 is 0. The summed E-state index contributed by atoms with van der Waals surface area (Å²) in [5.41, 5.74) is 1.04. The molecule has 1 aromatic heterocycles. The fraction of sp³-hybridized carbons (Fsp3) is 0.190. The Morgan fingerprint density at radius 2 is 1.71 bits per heavy atom. The number of amides is 2. The Kier molecular flexibility index (Phi) is 5.74. The summed E-state index contributed by atoms with van der Waals surface area (Å²) < 4.78 is 7.26. The first-order chi connectivity index (χ1) is 13.5. The van der Waals surface area contributed by atoms with Crippen LogP contribution in [0.4, 0.5) is 11.4 Å². The van der Waals surface area contributed by atoms with Crippen LogP contribution >= 0.6 is 0 Å². The topological polar surface area (TPSA) is 89.4 Å². The highest BCUT2D eigenvalue weighted by molar-refractivity contribution is 5.94. The Morgan fingerprint density at radius 3 is 2.43 bits per heavy atom. The molecule has 0 bridgehead atoms. The van der Waals surface area contributed by atoms with Gasteiger partial charge >= 0.3 is 0 Å². The van der Waals surface area contributed by atoms with E-state index in [2.05, 4.69) is 10.6 Å². The van der Waals surface area contributed by atoms with Crippen molar-refractivity contribution < 1.29 is 14.3 Å². The van der Waals surface area contributed by atoms with E-state index >= 15 is 0 Å². The molecule has 144 valence electrons. The molecule has 0 atom stereocenters. The molecule has 0 saturated carbocycles. The summed E-state index contributed by atoms with van der Waals surface area (Å²) in [6, 6.07) is 13.8. The minimum atomic E-state index is -0.348. The molecule has 0 aliphatic carbocycles. The van der Waals surface area contributed by atoms with E-state index in [4.69, 9.17) is 4.74 Å². The van der Waals surface area contributed by atoms with Gasteiger partial charge in [-0.3, -0.25) is 14.4 Å². The highest BCUT2D eigenvalue weighted by Gasteiger charge is 2.09. The number of hydrogen-bond donors (Lipinski definition) is 2. The standard InChI is InChI=1S/C21H21N3O4/c1-3-24-11-10-17-18(21(24)27)8-5-9-19(17)28-13-20(26)23-16-7-4-6-15(12-16)22-14(2)25/h4-12H,3,13H2,1-2H3,(H,22,25)(H,23,26). The Hall–Kier alpha value is -3.61. The number of nitrogens with one attached hydrogen (secondary N) is 2. The monoisotopic (exact) mass is 379 g/mol. The zero-order valence-corrected chi connectivity index (χ0v) is 15.7. The van der Waals surface area contributed by atoms with Crippen LogP contribution < -0.4 is 20.9 Å². The molecule has 0 radical (unpaired) electrons. The van der Waals surface area contributed by atoms with E-state index in [-0.39, 0.29) is 24.0 Å². The molecule has 2 amide bonds. The van der Waals surface area contributed by atoms with Crippen molar-refractivity contribution in [2.75, 3.05) is 17.2 Å². The first-order valence-electron chi connectivity index (χ1n) is 8.90. The molecule has 28 heavy (non-hydrogen) atoms. The van der Waals surface area contributed by atoms with Gasteiger partial charge in [-0.05, 0) is 43.3 Å². The van der Waals surface area contributed by atoms with E-state index in [0.29, 0.717) is 34.4 Å². The summed E-state index contributed by atoms with van der Waals surface area (Å²) in [5.74, 6) is -0.0659. The predicted octanol–water partition coefficient (Wildman–Crippen LogP) is 3.00. The molecule has 2 N–H and O–H groups in total. The lowest BCUT2D eigenvalue weighted by molar-refractivity contribution is -0.118. The van der Waals surface area contributed by atoms with Crippen molar-refractivity contribution in [3.8, 4) is 5.75 Å². The van der Waals surface area contributed by atoms with Crippen molar-refractivity contribution in [3.05, 3.63) is 65.1 Å². The summed E-state index contributed by atoms with van der Waals surface area (Å²) in [6.07, 6.45) is 1.71. The van der Waals surface area contributed by atoms with E-state index in [9.17, 15) is 14.4 Å². The number of hydrogen-bond acceptors (Lipinski definition) is 4. The molecule has 7 nitrogen and oxygen atoms in total. The van der Waals surface area contributed by atoms with Crippen LogP contribution in [0.25, 0.3) is 10.8 Å². The average Bonchev–Trinajstić information content (AvgIpc) is 2.66. The summed E-state index contributed by atoms with van der Waals surface area (Å²) in [6.45, 7) is 3.69. The number of benzene rings is 2. The molecule has 0 saturated heterocycles. The first-order valence-corrected chi connectivity index (χ1v) is 8.90. The highest BCUT2D eigenvalue weighted by atomic mass is 16.5. The number of aryl methyl sites for hydroxylation is 1. The van der Waals surface area contributed by atoms with Crippen LogP contribution in [0.2, 0.25) is 0 Å². The van der Waals surface area contributed by atoms with Crippen molar-refractivity contribution in [2.24, 2.45) is 0 Å². The van der Waals surface area contributed by atoms with E-state index in [1.807, 2.05) is 13.0 Å². The lowest BCUT2D eigenvalue weighted by atomic mass is 10.1. The van der Waals surface area contributed by atoms with Crippen molar-refractivity contribution in [1.29, 1.82) is 0 Å². The molecule has 0 spiro atoms. The Balaban J connectivity index is 1.71. The van der Waals surface area contributed by atoms with Gasteiger partial charge in [-0.15, -0.1) is 0 Å². The number of anilines is 2. The lowest BCUT2D eigenvalue weighted by Crippen LogP contribution is -2.21. The van der Waals surface area contributed by atoms with E-state index in [1.165, 1.54) is 6.92 Å². The van der Waals surface area contributed by atoms with Crippen LogP contribution in [0.1, 0.15) is 13.8 Å². The number of ether oxygens (including phenoxy) is 1. The number of carbonyl (C=O) groups is 2. The zero-order chi connectivity index (χ0) is 20.1. The smallest absolute Gasteiger partial charge is 0.262 e. The van der Waals surface area contributed by atoms with Crippen LogP contribution in [0, 0.1) is 0 Å².